The summed E-state index contributed by atoms with van der Waals surface area (Å²) < 4.78 is 12.5. The highest BCUT2D eigenvalue weighted by Gasteiger charge is 2.29. The molecule has 0 aliphatic carbocycles. The van der Waals surface area contributed by atoms with Crippen molar-refractivity contribution >= 4 is 5.69 Å². The average Bonchev–Trinajstić information content (AvgIpc) is 3.18. The van der Waals surface area contributed by atoms with Gasteiger partial charge in [0.05, 0.1) is 26.3 Å². The molecule has 1 aromatic carbocycles. The summed E-state index contributed by atoms with van der Waals surface area (Å²) in [7, 11) is 3.41. The maximum absolute atomic E-state index is 5.37. The smallest absolute Gasteiger partial charge is 0.168 e. The van der Waals surface area contributed by atoms with E-state index in [1.54, 1.807) is 14.2 Å². The molecular formula is C20H32N6O2. The maximum Gasteiger partial charge on any atom is 0.168 e. The topological polar surface area (TPSA) is 68.5 Å². The van der Waals surface area contributed by atoms with Gasteiger partial charge in [-0.25, -0.2) is 4.68 Å². The summed E-state index contributed by atoms with van der Waals surface area (Å²) in [6, 6.07) is 8.51. The Morgan fingerprint density at radius 1 is 1.11 bits per heavy atom. The molecule has 0 unspecified atom stereocenters. The van der Waals surface area contributed by atoms with Crippen LogP contribution >= 0.6 is 0 Å². The Morgan fingerprint density at radius 3 is 2.57 bits per heavy atom. The van der Waals surface area contributed by atoms with Gasteiger partial charge in [-0.3, -0.25) is 4.90 Å². The number of aromatic nitrogens is 4. The van der Waals surface area contributed by atoms with E-state index in [-0.39, 0.29) is 6.04 Å². The fourth-order valence-electron chi connectivity index (χ4n) is 3.75. The molecule has 154 valence electrons. The van der Waals surface area contributed by atoms with Gasteiger partial charge in [0.25, 0.3) is 0 Å². The SMILES string of the molecule is COCCn1nnnc1[C@@H](CC(C)C)N1CCN(c2cccc(OC)c2)CC1. The summed E-state index contributed by atoms with van der Waals surface area (Å²) in [5, 5.41) is 12.5. The number of tetrazole rings is 1. The van der Waals surface area contributed by atoms with Crippen LogP contribution in [0, 0.1) is 5.92 Å². The molecule has 1 aromatic heterocycles. The quantitative estimate of drug-likeness (QED) is 0.652. The van der Waals surface area contributed by atoms with Gasteiger partial charge in [0.1, 0.15) is 5.75 Å². The lowest BCUT2D eigenvalue weighted by Crippen LogP contribution is -2.48. The molecule has 3 rings (SSSR count). The van der Waals surface area contributed by atoms with Crippen LogP contribution in [0.15, 0.2) is 24.3 Å². The summed E-state index contributed by atoms with van der Waals surface area (Å²) in [5.41, 5.74) is 1.21. The first-order valence-corrected chi connectivity index (χ1v) is 10.0. The summed E-state index contributed by atoms with van der Waals surface area (Å²) >= 11 is 0. The molecule has 0 N–H and O–H groups in total. The second kappa shape index (κ2) is 9.84. The number of hydrogen-bond acceptors (Lipinski definition) is 7. The third-order valence-electron chi connectivity index (χ3n) is 5.23. The Labute approximate surface area is 167 Å². The first kappa shape index (κ1) is 20.5. The van der Waals surface area contributed by atoms with Gasteiger partial charge in [0, 0.05) is 45.0 Å². The Balaban J connectivity index is 1.70. The number of hydrogen-bond donors (Lipinski definition) is 0. The van der Waals surface area contributed by atoms with Crippen molar-refractivity contribution in [2.45, 2.75) is 32.9 Å². The number of rotatable bonds is 9. The van der Waals surface area contributed by atoms with Gasteiger partial charge in [0.2, 0.25) is 0 Å². The number of ether oxygens (including phenoxy) is 2. The lowest BCUT2D eigenvalue weighted by Gasteiger charge is -2.40. The lowest BCUT2D eigenvalue weighted by molar-refractivity contribution is 0.145. The standard InChI is InChI=1S/C20H32N6O2/c1-16(2)14-19(20-21-22-23-26(20)12-13-27-3)25-10-8-24(9-11-25)17-6-5-7-18(15-17)28-4/h5-7,15-16,19H,8-14H2,1-4H3/t19-/m1/s1. The molecule has 1 fully saturated rings. The number of methoxy groups -OCH3 is 2. The largest absolute Gasteiger partial charge is 0.497 e. The predicted molar refractivity (Wildman–Crippen MR) is 109 cm³/mol. The van der Waals surface area contributed by atoms with Crippen molar-refractivity contribution in [1.82, 2.24) is 25.1 Å². The molecule has 1 aliphatic heterocycles. The Bertz CT molecular complexity index is 727. The molecule has 8 nitrogen and oxygen atoms in total. The van der Waals surface area contributed by atoms with Gasteiger partial charge in [-0.1, -0.05) is 19.9 Å². The van der Waals surface area contributed by atoms with Crippen molar-refractivity contribution in [2.75, 3.05) is 51.9 Å². The molecule has 28 heavy (non-hydrogen) atoms. The molecule has 2 aromatic rings. The van der Waals surface area contributed by atoms with E-state index in [9.17, 15) is 0 Å². The summed E-state index contributed by atoms with van der Waals surface area (Å²) in [5.74, 6) is 2.41. The second-order valence-electron chi connectivity index (χ2n) is 7.62. The number of nitrogens with zero attached hydrogens (tertiary/aromatic N) is 6. The zero-order valence-electron chi connectivity index (χ0n) is 17.4. The highest BCUT2D eigenvalue weighted by atomic mass is 16.5. The number of piperazine rings is 1. The second-order valence-corrected chi connectivity index (χ2v) is 7.62. The Morgan fingerprint density at radius 2 is 1.89 bits per heavy atom. The van der Waals surface area contributed by atoms with Gasteiger partial charge in [0.15, 0.2) is 5.82 Å². The van der Waals surface area contributed by atoms with E-state index in [2.05, 4.69) is 51.3 Å². The van der Waals surface area contributed by atoms with Gasteiger partial charge >= 0.3 is 0 Å². The van der Waals surface area contributed by atoms with Crippen molar-refractivity contribution in [3.05, 3.63) is 30.1 Å². The van der Waals surface area contributed by atoms with Crippen molar-refractivity contribution in [2.24, 2.45) is 5.92 Å². The van der Waals surface area contributed by atoms with Gasteiger partial charge in [-0.05, 0) is 34.9 Å². The molecule has 0 saturated carbocycles. The van der Waals surface area contributed by atoms with Crippen molar-refractivity contribution in [3.8, 4) is 5.75 Å². The van der Waals surface area contributed by atoms with E-state index in [0.717, 1.165) is 44.2 Å². The Hall–Kier alpha value is -2.19. The van der Waals surface area contributed by atoms with Crippen LogP contribution in [0.1, 0.15) is 32.1 Å². The number of anilines is 1. The van der Waals surface area contributed by atoms with Crippen molar-refractivity contribution in [3.63, 3.8) is 0 Å². The molecule has 8 heteroatoms. The fraction of sp³-hybridized carbons (Fsp3) is 0.650. The van der Waals surface area contributed by atoms with E-state index in [1.807, 2.05) is 16.8 Å². The minimum Gasteiger partial charge on any atom is -0.497 e. The zero-order valence-corrected chi connectivity index (χ0v) is 17.4. The average molecular weight is 389 g/mol. The number of benzene rings is 1. The zero-order chi connectivity index (χ0) is 19.9. The van der Waals surface area contributed by atoms with Crippen LogP contribution in [0.2, 0.25) is 0 Å². The molecule has 1 atom stereocenters. The van der Waals surface area contributed by atoms with Crippen molar-refractivity contribution < 1.29 is 9.47 Å². The molecular weight excluding hydrogens is 356 g/mol. The van der Waals surface area contributed by atoms with E-state index >= 15 is 0 Å². The van der Waals surface area contributed by atoms with Gasteiger partial charge in [-0.2, -0.15) is 0 Å². The van der Waals surface area contributed by atoms with Crippen LogP contribution in [0.5, 0.6) is 5.75 Å². The Kier molecular flexibility index (Phi) is 7.22. The molecule has 0 bridgehead atoms. The normalized spacial score (nSPS) is 16.5. The van der Waals surface area contributed by atoms with Crippen molar-refractivity contribution in [1.29, 1.82) is 0 Å². The minimum absolute atomic E-state index is 0.222. The maximum atomic E-state index is 5.37. The molecule has 2 heterocycles. The molecule has 0 radical (unpaired) electrons. The summed E-state index contributed by atoms with van der Waals surface area (Å²) in [6.07, 6.45) is 1.03. The van der Waals surface area contributed by atoms with E-state index in [4.69, 9.17) is 9.47 Å². The van der Waals surface area contributed by atoms with Gasteiger partial charge < -0.3 is 14.4 Å². The highest BCUT2D eigenvalue weighted by molar-refractivity contribution is 5.51. The lowest BCUT2D eigenvalue weighted by atomic mass is 10.0. The molecule has 1 saturated heterocycles. The van der Waals surface area contributed by atoms with Crippen LogP contribution in [0.25, 0.3) is 0 Å². The third kappa shape index (κ3) is 4.99. The first-order chi connectivity index (χ1) is 13.6. The molecule has 0 amide bonds. The van der Waals surface area contributed by atoms with Gasteiger partial charge in [-0.15, -0.1) is 5.10 Å². The minimum atomic E-state index is 0.222. The van der Waals surface area contributed by atoms with Crippen LogP contribution < -0.4 is 9.64 Å². The fourth-order valence-corrected chi connectivity index (χ4v) is 3.75. The van der Waals surface area contributed by atoms with E-state index in [0.29, 0.717) is 19.1 Å². The van der Waals surface area contributed by atoms with Crippen LogP contribution in [0.4, 0.5) is 5.69 Å². The summed E-state index contributed by atoms with van der Waals surface area (Å²) in [6.45, 7) is 9.69. The first-order valence-electron chi connectivity index (χ1n) is 10.0. The monoisotopic (exact) mass is 388 g/mol. The third-order valence-corrected chi connectivity index (χ3v) is 5.23. The van der Waals surface area contributed by atoms with E-state index in [1.165, 1.54) is 5.69 Å². The van der Waals surface area contributed by atoms with E-state index < -0.39 is 0 Å². The van der Waals surface area contributed by atoms with Crippen LogP contribution in [0.3, 0.4) is 0 Å². The van der Waals surface area contributed by atoms with Crippen LogP contribution in [-0.4, -0.2) is 72.1 Å². The van der Waals surface area contributed by atoms with Crippen LogP contribution in [-0.2, 0) is 11.3 Å². The molecule has 1 aliphatic rings. The highest BCUT2D eigenvalue weighted by Crippen LogP contribution is 2.29. The predicted octanol–water partition coefficient (Wildman–Crippen LogP) is 2.24. The summed E-state index contributed by atoms with van der Waals surface area (Å²) in [4.78, 5) is 4.94. The molecule has 0 spiro atoms.